The van der Waals surface area contributed by atoms with Crippen LogP contribution >= 0.6 is 0 Å². The molecule has 0 aliphatic rings. The second kappa shape index (κ2) is 20.1. The minimum absolute atomic E-state index is 0.126. The molecule has 1 aromatic rings. The largest absolute Gasteiger partial charge is 0.467 e. The Morgan fingerprint density at radius 2 is 1.43 bits per heavy atom. The Kier molecular flexibility index (Phi) is 17.4. The Labute approximate surface area is 276 Å². The molecule has 3 atom stereocenters. The highest BCUT2D eigenvalue weighted by molar-refractivity contribution is 5.95. The Bertz CT molecular complexity index is 1180. The van der Waals surface area contributed by atoms with Gasteiger partial charge in [-0.1, -0.05) is 30.3 Å². The molecule has 0 aromatic heterocycles. The number of hydrogen-bond acceptors (Lipinski definition) is 11. The number of rotatable bonds is 18. The van der Waals surface area contributed by atoms with E-state index < -0.39 is 78.0 Å². The standard InChI is InChI=1S/C32H51N5O10/c1-31(2,3)46-20-24(37-27(40)23(35-25(38)18-33)17-26(39)47-32(4,5)6)28(41)36-22(29(42)44-7)15-11-12-16-34-30(43)45-19-21-13-9-8-10-14-21/h8-10,13-14,22-24H,11-12,15-20,33H2,1-7H3,(H,34,43)(H,35,38)(H,36,41)(H,37,40)/t22-,23-,24-/m0/s1. The zero-order valence-corrected chi connectivity index (χ0v) is 28.4. The Balaban J connectivity index is 2.88. The maximum absolute atomic E-state index is 13.4. The average molecular weight is 666 g/mol. The fourth-order valence-corrected chi connectivity index (χ4v) is 3.90. The molecule has 0 aliphatic carbocycles. The first-order valence-corrected chi connectivity index (χ1v) is 15.4. The molecule has 15 nitrogen and oxygen atoms in total. The van der Waals surface area contributed by atoms with Crippen molar-refractivity contribution < 1.29 is 47.7 Å². The first kappa shape index (κ1) is 40.8. The molecule has 4 amide bonds. The van der Waals surface area contributed by atoms with Gasteiger partial charge < -0.3 is 45.9 Å². The van der Waals surface area contributed by atoms with E-state index in [4.69, 9.17) is 24.7 Å². The van der Waals surface area contributed by atoms with Crippen LogP contribution in [0.15, 0.2) is 30.3 Å². The van der Waals surface area contributed by atoms with Gasteiger partial charge in [0.25, 0.3) is 0 Å². The van der Waals surface area contributed by atoms with Crippen molar-refractivity contribution in [2.45, 2.75) is 103 Å². The highest BCUT2D eigenvalue weighted by Crippen LogP contribution is 2.11. The van der Waals surface area contributed by atoms with E-state index in [9.17, 15) is 28.8 Å². The Morgan fingerprint density at radius 3 is 2.00 bits per heavy atom. The molecule has 0 aliphatic heterocycles. The first-order chi connectivity index (χ1) is 21.9. The van der Waals surface area contributed by atoms with E-state index in [1.807, 2.05) is 30.3 Å². The van der Waals surface area contributed by atoms with Gasteiger partial charge in [-0.3, -0.25) is 19.2 Å². The van der Waals surface area contributed by atoms with Crippen LogP contribution in [-0.2, 0) is 49.5 Å². The van der Waals surface area contributed by atoms with E-state index in [1.54, 1.807) is 41.5 Å². The van der Waals surface area contributed by atoms with E-state index in [-0.39, 0.29) is 26.2 Å². The van der Waals surface area contributed by atoms with Crippen molar-refractivity contribution in [1.29, 1.82) is 0 Å². The van der Waals surface area contributed by atoms with Gasteiger partial charge in [0.15, 0.2) is 0 Å². The minimum Gasteiger partial charge on any atom is -0.467 e. The quantitative estimate of drug-likeness (QED) is 0.0854. The molecule has 0 saturated heterocycles. The predicted molar refractivity (Wildman–Crippen MR) is 172 cm³/mol. The van der Waals surface area contributed by atoms with E-state index >= 15 is 0 Å². The fourth-order valence-electron chi connectivity index (χ4n) is 3.90. The second-order valence-electron chi connectivity index (χ2n) is 12.7. The number of carbonyl (C=O) groups excluding carboxylic acids is 6. The zero-order chi connectivity index (χ0) is 35.6. The molecule has 0 saturated carbocycles. The average Bonchev–Trinajstić information content (AvgIpc) is 2.99. The van der Waals surface area contributed by atoms with Crippen LogP contribution in [0, 0.1) is 0 Å². The summed E-state index contributed by atoms with van der Waals surface area (Å²) in [5.74, 6) is -3.80. The number of nitrogens with two attached hydrogens (primary N) is 1. The number of benzene rings is 1. The van der Waals surface area contributed by atoms with Crippen molar-refractivity contribution in [2.75, 3.05) is 26.8 Å². The lowest BCUT2D eigenvalue weighted by Crippen LogP contribution is -2.58. The smallest absolute Gasteiger partial charge is 0.407 e. The maximum atomic E-state index is 13.4. The van der Waals surface area contributed by atoms with Gasteiger partial charge in [-0.15, -0.1) is 0 Å². The van der Waals surface area contributed by atoms with Gasteiger partial charge in [-0.05, 0) is 66.4 Å². The van der Waals surface area contributed by atoms with Gasteiger partial charge in [0.05, 0.1) is 32.3 Å². The van der Waals surface area contributed by atoms with Gasteiger partial charge in [0.1, 0.15) is 30.3 Å². The van der Waals surface area contributed by atoms with Crippen LogP contribution in [0.4, 0.5) is 4.79 Å². The monoisotopic (exact) mass is 665 g/mol. The fraction of sp³-hybridized carbons (Fsp3) is 0.625. The second-order valence-corrected chi connectivity index (χ2v) is 12.7. The van der Waals surface area contributed by atoms with Crippen LogP contribution in [0.2, 0.25) is 0 Å². The molecule has 1 aromatic carbocycles. The third-order valence-corrected chi connectivity index (χ3v) is 6.15. The summed E-state index contributed by atoms with van der Waals surface area (Å²) in [6.07, 6.45) is -0.0748. The first-order valence-electron chi connectivity index (χ1n) is 15.4. The third-order valence-electron chi connectivity index (χ3n) is 6.15. The number of unbranched alkanes of at least 4 members (excludes halogenated alkanes) is 1. The molecule has 0 spiro atoms. The van der Waals surface area contributed by atoms with Crippen molar-refractivity contribution >= 4 is 35.8 Å². The lowest BCUT2D eigenvalue weighted by molar-refractivity contribution is -0.156. The molecule has 47 heavy (non-hydrogen) atoms. The summed E-state index contributed by atoms with van der Waals surface area (Å²) < 4.78 is 21.1. The predicted octanol–water partition coefficient (Wildman–Crippen LogP) is 1.22. The summed E-state index contributed by atoms with van der Waals surface area (Å²) >= 11 is 0. The van der Waals surface area contributed by atoms with Gasteiger partial charge >= 0.3 is 18.0 Å². The summed E-state index contributed by atoms with van der Waals surface area (Å²) in [4.78, 5) is 75.8. The summed E-state index contributed by atoms with van der Waals surface area (Å²) in [5, 5.41) is 10.1. The SMILES string of the molecule is COC(=O)[C@H](CCCCNC(=O)OCc1ccccc1)NC(=O)[C@H](COC(C)(C)C)NC(=O)[C@H](CC(=O)OC(C)(C)C)NC(=O)CN. The molecule has 0 heterocycles. The molecule has 0 unspecified atom stereocenters. The number of nitrogens with one attached hydrogen (secondary N) is 4. The summed E-state index contributed by atoms with van der Waals surface area (Å²) in [6, 6.07) is 5.39. The van der Waals surface area contributed by atoms with Crippen LogP contribution in [0.25, 0.3) is 0 Å². The number of alkyl carbamates (subject to hydrolysis) is 1. The van der Waals surface area contributed by atoms with Crippen LogP contribution in [0.5, 0.6) is 0 Å². The summed E-state index contributed by atoms with van der Waals surface area (Å²) in [6.45, 7) is 9.85. The van der Waals surface area contributed by atoms with Crippen LogP contribution < -0.4 is 27.0 Å². The van der Waals surface area contributed by atoms with Gasteiger partial charge in [-0.25, -0.2) is 9.59 Å². The molecule has 1 rings (SSSR count). The molecule has 15 heteroatoms. The topological polar surface area (TPSA) is 213 Å². The molecule has 264 valence electrons. The van der Waals surface area contributed by atoms with E-state index in [2.05, 4.69) is 21.3 Å². The lowest BCUT2D eigenvalue weighted by atomic mass is 10.1. The highest BCUT2D eigenvalue weighted by atomic mass is 16.6. The van der Waals surface area contributed by atoms with E-state index in [0.29, 0.717) is 12.8 Å². The van der Waals surface area contributed by atoms with Gasteiger partial charge in [0, 0.05) is 6.54 Å². The molecule has 6 N–H and O–H groups in total. The Hall–Kier alpha value is -4.24. The van der Waals surface area contributed by atoms with Crippen molar-refractivity contribution in [3.8, 4) is 0 Å². The number of methoxy groups -OCH3 is 1. The molecular formula is C32H51N5O10. The zero-order valence-electron chi connectivity index (χ0n) is 28.4. The number of hydrogen-bond donors (Lipinski definition) is 5. The normalized spacial score (nSPS) is 13.3. The molecule has 0 fully saturated rings. The van der Waals surface area contributed by atoms with Crippen molar-refractivity contribution in [2.24, 2.45) is 5.73 Å². The summed E-state index contributed by atoms with van der Waals surface area (Å²) in [7, 11) is 1.18. The summed E-state index contributed by atoms with van der Waals surface area (Å²) in [5.41, 5.74) is 4.69. The van der Waals surface area contributed by atoms with Crippen LogP contribution in [-0.4, -0.2) is 91.9 Å². The molecular weight excluding hydrogens is 614 g/mol. The van der Waals surface area contributed by atoms with E-state index in [0.717, 1.165) is 5.56 Å². The van der Waals surface area contributed by atoms with E-state index in [1.165, 1.54) is 7.11 Å². The van der Waals surface area contributed by atoms with Gasteiger partial charge in [-0.2, -0.15) is 0 Å². The molecule has 0 radical (unpaired) electrons. The maximum Gasteiger partial charge on any atom is 0.407 e. The van der Waals surface area contributed by atoms with Gasteiger partial charge in [0.2, 0.25) is 17.7 Å². The van der Waals surface area contributed by atoms with Crippen molar-refractivity contribution in [3.63, 3.8) is 0 Å². The third kappa shape index (κ3) is 18.5. The number of ether oxygens (including phenoxy) is 4. The lowest BCUT2D eigenvalue weighted by Gasteiger charge is -2.28. The van der Waals surface area contributed by atoms with Crippen LogP contribution in [0.3, 0.4) is 0 Å². The number of esters is 2. The molecule has 0 bridgehead atoms. The minimum atomic E-state index is -1.41. The number of carbonyl (C=O) groups is 6. The van der Waals surface area contributed by atoms with Crippen molar-refractivity contribution in [3.05, 3.63) is 35.9 Å². The highest BCUT2D eigenvalue weighted by Gasteiger charge is 2.33. The van der Waals surface area contributed by atoms with Crippen LogP contribution in [0.1, 0.15) is 72.8 Å². The Morgan fingerprint density at radius 1 is 0.809 bits per heavy atom. The van der Waals surface area contributed by atoms with Crippen molar-refractivity contribution in [1.82, 2.24) is 21.3 Å². The number of amides is 4.